The molecule has 0 spiro atoms. The summed E-state index contributed by atoms with van der Waals surface area (Å²) in [5.74, 6) is 0.489. The fraction of sp³-hybridized carbons (Fsp3) is 0.222. The van der Waals surface area contributed by atoms with Crippen LogP contribution in [0.15, 0.2) is 48.7 Å². The molecule has 0 aliphatic heterocycles. The summed E-state index contributed by atoms with van der Waals surface area (Å²) < 4.78 is 3.42. The minimum absolute atomic E-state index is 0.179. The van der Waals surface area contributed by atoms with E-state index in [1.165, 1.54) is 17.4 Å². The molecule has 0 aliphatic carbocycles. The Kier molecular flexibility index (Phi) is 5.04. The molecule has 4 aromatic rings. The highest BCUT2D eigenvalue weighted by molar-refractivity contribution is 7.15. The number of nitrogens with zero attached hydrogens (tertiary/aromatic N) is 7. The van der Waals surface area contributed by atoms with Gasteiger partial charge in [0.05, 0.1) is 23.4 Å². The van der Waals surface area contributed by atoms with Crippen molar-refractivity contribution in [2.45, 2.75) is 26.4 Å². The topological polar surface area (TPSA) is 117 Å². The van der Waals surface area contributed by atoms with Crippen molar-refractivity contribution in [2.24, 2.45) is 0 Å². The summed E-state index contributed by atoms with van der Waals surface area (Å²) in [6.07, 6.45) is 1.89. The van der Waals surface area contributed by atoms with Crippen LogP contribution in [0.1, 0.15) is 29.2 Å². The van der Waals surface area contributed by atoms with Crippen LogP contribution in [-0.2, 0) is 6.54 Å². The summed E-state index contributed by atoms with van der Waals surface area (Å²) >= 11 is 1.36. The number of nitrogens with one attached hydrogen (secondary N) is 1. The van der Waals surface area contributed by atoms with Gasteiger partial charge in [-0.25, -0.2) is 0 Å². The third-order valence-corrected chi connectivity index (χ3v) is 5.33. The van der Waals surface area contributed by atoms with E-state index in [4.69, 9.17) is 0 Å². The number of rotatable bonds is 7. The molecule has 3 heterocycles. The average Bonchev–Trinajstić information content (AvgIpc) is 3.43. The lowest BCUT2D eigenvalue weighted by Crippen LogP contribution is -2.10. The van der Waals surface area contributed by atoms with Gasteiger partial charge in [-0.15, -0.1) is 10.2 Å². The molecule has 148 valence electrons. The lowest BCUT2D eigenvalue weighted by molar-refractivity contribution is -0.389. The molecule has 3 aromatic heterocycles. The van der Waals surface area contributed by atoms with Crippen LogP contribution in [0, 0.1) is 17.0 Å². The second kappa shape index (κ2) is 7.80. The van der Waals surface area contributed by atoms with Gasteiger partial charge in [-0.3, -0.25) is 4.68 Å². The van der Waals surface area contributed by atoms with E-state index in [9.17, 15) is 10.1 Å². The minimum Gasteiger partial charge on any atom is -0.358 e. The van der Waals surface area contributed by atoms with Gasteiger partial charge in [0, 0.05) is 12.3 Å². The summed E-state index contributed by atoms with van der Waals surface area (Å²) in [6.45, 7) is 4.33. The molecule has 0 bridgehead atoms. The summed E-state index contributed by atoms with van der Waals surface area (Å²) in [4.78, 5) is 10.4. The van der Waals surface area contributed by atoms with Gasteiger partial charge in [0.15, 0.2) is 5.82 Å². The Morgan fingerprint density at radius 2 is 2.00 bits per heavy atom. The van der Waals surface area contributed by atoms with Gasteiger partial charge in [-0.1, -0.05) is 41.7 Å². The first-order valence-electron chi connectivity index (χ1n) is 8.88. The molecule has 0 amide bonds. The molecule has 11 heteroatoms. The molecule has 1 unspecified atom stereocenters. The van der Waals surface area contributed by atoms with Crippen LogP contribution in [0.2, 0.25) is 0 Å². The van der Waals surface area contributed by atoms with Gasteiger partial charge < -0.3 is 15.4 Å². The van der Waals surface area contributed by atoms with E-state index in [-0.39, 0.29) is 11.9 Å². The largest absolute Gasteiger partial charge is 0.390 e. The van der Waals surface area contributed by atoms with Crippen molar-refractivity contribution in [2.75, 3.05) is 5.32 Å². The fourth-order valence-electron chi connectivity index (χ4n) is 2.91. The van der Waals surface area contributed by atoms with Crippen molar-refractivity contribution >= 4 is 28.1 Å². The van der Waals surface area contributed by atoms with E-state index in [0.29, 0.717) is 28.2 Å². The Morgan fingerprint density at radius 3 is 2.72 bits per heavy atom. The molecule has 1 aromatic carbocycles. The highest BCUT2D eigenvalue weighted by Crippen LogP contribution is 2.28. The van der Waals surface area contributed by atoms with Crippen molar-refractivity contribution in [3.63, 3.8) is 0 Å². The van der Waals surface area contributed by atoms with E-state index in [1.54, 1.807) is 11.6 Å². The highest BCUT2D eigenvalue weighted by atomic mass is 32.1. The molecular weight excluding hydrogens is 392 g/mol. The predicted molar refractivity (Wildman–Crippen MR) is 108 cm³/mol. The molecule has 0 saturated heterocycles. The summed E-state index contributed by atoms with van der Waals surface area (Å²) in [7, 11) is 0. The highest BCUT2D eigenvalue weighted by Gasteiger charge is 2.23. The third kappa shape index (κ3) is 4.14. The standard InChI is InChI=1S/C18H18N8O2S/c1-12-10-16(26(27)28)23-25(12)13(2)17-20-21-18(29-17)19-15-8-9-24(22-15)11-14-6-4-3-5-7-14/h3-10,13H,11H2,1-2H3,(H,19,21,22). The van der Waals surface area contributed by atoms with Crippen molar-refractivity contribution < 1.29 is 4.92 Å². The summed E-state index contributed by atoms with van der Waals surface area (Å²) in [5.41, 5.74) is 1.85. The van der Waals surface area contributed by atoms with E-state index in [1.807, 2.05) is 42.1 Å². The predicted octanol–water partition coefficient (Wildman–Crippen LogP) is 3.55. The van der Waals surface area contributed by atoms with Crippen LogP contribution < -0.4 is 5.32 Å². The average molecular weight is 410 g/mol. The monoisotopic (exact) mass is 410 g/mol. The number of hydrogen-bond donors (Lipinski definition) is 1. The van der Waals surface area contributed by atoms with Gasteiger partial charge in [-0.05, 0) is 24.3 Å². The zero-order valence-corrected chi connectivity index (χ0v) is 16.6. The zero-order chi connectivity index (χ0) is 20.4. The Labute approximate surface area is 170 Å². The van der Waals surface area contributed by atoms with Gasteiger partial charge in [0.1, 0.15) is 11.0 Å². The Hall–Kier alpha value is -3.60. The van der Waals surface area contributed by atoms with Gasteiger partial charge in [0.2, 0.25) is 5.13 Å². The van der Waals surface area contributed by atoms with Crippen molar-refractivity contribution in [1.82, 2.24) is 29.8 Å². The van der Waals surface area contributed by atoms with Crippen molar-refractivity contribution in [3.05, 3.63) is 75.0 Å². The number of aryl methyl sites for hydroxylation is 1. The second-order valence-electron chi connectivity index (χ2n) is 6.48. The second-order valence-corrected chi connectivity index (χ2v) is 7.49. The maximum atomic E-state index is 10.9. The molecule has 0 saturated carbocycles. The number of benzene rings is 1. The first-order valence-corrected chi connectivity index (χ1v) is 9.69. The smallest absolute Gasteiger partial charge is 0.358 e. The Morgan fingerprint density at radius 1 is 1.21 bits per heavy atom. The first kappa shape index (κ1) is 18.7. The molecule has 1 atom stereocenters. The third-order valence-electron chi connectivity index (χ3n) is 4.32. The molecule has 4 rings (SSSR count). The fourth-order valence-corrected chi connectivity index (χ4v) is 3.69. The van der Waals surface area contributed by atoms with Crippen LogP contribution in [0.4, 0.5) is 16.8 Å². The van der Waals surface area contributed by atoms with Gasteiger partial charge in [0.25, 0.3) is 0 Å². The van der Waals surface area contributed by atoms with E-state index in [2.05, 4.69) is 37.8 Å². The maximum absolute atomic E-state index is 10.9. The van der Waals surface area contributed by atoms with E-state index in [0.717, 1.165) is 5.56 Å². The zero-order valence-electron chi connectivity index (χ0n) is 15.8. The summed E-state index contributed by atoms with van der Waals surface area (Å²) in [6, 6.07) is 13.1. The SMILES string of the molecule is Cc1cc([N+](=O)[O-])nn1C(C)c1nnc(Nc2ccn(Cc3ccccc3)n2)s1. The molecule has 1 N–H and O–H groups in total. The first-order chi connectivity index (χ1) is 14.0. The lowest BCUT2D eigenvalue weighted by atomic mass is 10.2. The molecule has 0 radical (unpaired) electrons. The number of nitro groups is 1. The van der Waals surface area contributed by atoms with Crippen LogP contribution in [0.3, 0.4) is 0 Å². The molecular formula is C18H18N8O2S. The Balaban J connectivity index is 1.45. The van der Waals surface area contributed by atoms with Crippen LogP contribution in [-0.4, -0.2) is 34.7 Å². The molecule has 0 fully saturated rings. The van der Waals surface area contributed by atoms with Crippen LogP contribution in [0.25, 0.3) is 0 Å². The Bertz CT molecular complexity index is 1130. The summed E-state index contributed by atoms with van der Waals surface area (Å²) in [5, 5.41) is 32.3. The van der Waals surface area contributed by atoms with E-state index >= 15 is 0 Å². The maximum Gasteiger partial charge on any atom is 0.390 e. The molecule has 10 nitrogen and oxygen atoms in total. The number of aromatic nitrogens is 6. The van der Waals surface area contributed by atoms with Crippen molar-refractivity contribution in [1.29, 1.82) is 0 Å². The minimum atomic E-state index is -0.505. The molecule has 29 heavy (non-hydrogen) atoms. The normalized spacial score (nSPS) is 12.1. The number of hydrogen-bond acceptors (Lipinski definition) is 8. The van der Waals surface area contributed by atoms with Gasteiger partial charge >= 0.3 is 5.82 Å². The van der Waals surface area contributed by atoms with Crippen molar-refractivity contribution in [3.8, 4) is 0 Å². The lowest BCUT2D eigenvalue weighted by Gasteiger charge is -2.05. The molecule has 0 aliphatic rings. The number of anilines is 2. The van der Waals surface area contributed by atoms with Crippen LogP contribution >= 0.6 is 11.3 Å². The van der Waals surface area contributed by atoms with E-state index < -0.39 is 4.92 Å². The van der Waals surface area contributed by atoms with Gasteiger partial charge in [-0.2, -0.15) is 9.78 Å². The van der Waals surface area contributed by atoms with Crippen LogP contribution in [0.5, 0.6) is 0 Å². The quantitative estimate of drug-likeness (QED) is 0.366.